The molecule has 0 aliphatic heterocycles. The highest BCUT2D eigenvalue weighted by Crippen LogP contribution is 2.33. The third-order valence-electron chi connectivity index (χ3n) is 4.40. The third-order valence-corrected chi connectivity index (χ3v) is 4.64. The summed E-state index contributed by atoms with van der Waals surface area (Å²) in [6, 6.07) is 7.76. The molecule has 106 valence electrons. The predicted molar refractivity (Wildman–Crippen MR) is 82.2 cm³/mol. The monoisotopic (exact) mass is 290 g/mol. The molecule has 4 heteroatoms. The summed E-state index contributed by atoms with van der Waals surface area (Å²) in [5.41, 5.74) is 0.804. The molecule has 1 heterocycles. The van der Waals surface area contributed by atoms with Crippen molar-refractivity contribution >= 4 is 22.5 Å². The van der Waals surface area contributed by atoms with E-state index in [2.05, 4.69) is 11.9 Å². The van der Waals surface area contributed by atoms with E-state index in [-0.39, 0.29) is 17.5 Å². The summed E-state index contributed by atoms with van der Waals surface area (Å²) in [6.07, 6.45) is 4.65. The first kappa shape index (κ1) is 13.6. The molecule has 0 radical (unpaired) electrons. The number of para-hydroxylation sites is 1. The highest BCUT2D eigenvalue weighted by Gasteiger charge is 2.26. The Morgan fingerprint density at radius 1 is 1.30 bits per heavy atom. The van der Waals surface area contributed by atoms with E-state index < -0.39 is 0 Å². The Balaban J connectivity index is 2.22. The molecule has 0 spiro atoms. The Kier molecular flexibility index (Phi) is 3.79. The molecule has 1 fully saturated rings. The fraction of sp³-hybridized carbons (Fsp3) is 0.500. The molecule has 0 N–H and O–H groups in total. The van der Waals surface area contributed by atoms with Crippen LogP contribution in [-0.2, 0) is 5.88 Å². The molecular weight excluding hydrogens is 272 g/mol. The van der Waals surface area contributed by atoms with E-state index in [1.807, 2.05) is 28.8 Å². The lowest BCUT2D eigenvalue weighted by Gasteiger charge is -2.31. The van der Waals surface area contributed by atoms with Crippen LogP contribution >= 0.6 is 11.6 Å². The molecule has 1 aliphatic rings. The van der Waals surface area contributed by atoms with Crippen molar-refractivity contribution in [2.24, 2.45) is 5.92 Å². The fourth-order valence-corrected chi connectivity index (χ4v) is 3.50. The van der Waals surface area contributed by atoms with Crippen LogP contribution in [0.3, 0.4) is 0 Å². The number of benzene rings is 1. The number of hydrogen-bond acceptors (Lipinski definition) is 2. The van der Waals surface area contributed by atoms with Crippen molar-refractivity contribution in [2.75, 3.05) is 0 Å². The van der Waals surface area contributed by atoms with Crippen molar-refractivity contribution in [1.82, 2.24) is 9.55 Å². The highest BCUT2D eigenvalue weighted by atomic mass is 35.5. The highest BCUT2D eigenvalue weighted by molar-refractivity contribution is 6.16. The lowest BCUT2D eigenvalue weighted by molar-refractivity contribution is 0.247. The van der Waals surface area contributed by atoms with E-state index in [0.29, 0.717) is 17.1 Å². The van der Waals surface area contributed by atoms with Gasteiger partial charge in [-0.25, -0.2) is 4.98 Å². The van der Waals surface area contributed by atoms with Gasteiger partial charge in [-0.1, -0.05) is 31.9 Å². The second-order valence-electron chi connectivity index (χ2n) is 5.68. The predicted octanol–water partition coefficient (Wildman–Crippen LogP) is 3.89. The summed E-state index contributed by atoms with van der Waals surface area (Å²) in [4.78, 5) is 17.4. The molecule has 2 aromatic rings. The zero-order valence-electron chi connectivity index (χ0n) is 11.7. The summed E-state index contributed by atoms with van der Waals surface area (Å²) in [5.74, 6) is 1.49. The van der Waals surface area contributed by atoms with E-state index in [4.69, 9.17) is 11.6 Å². The summed E-state index contributed by atoms with van der Waals surface area (Å²) < 4.78 is 1.86. The Bertz CT molecular complexity index is 680. The van der Waals surface area contributed by atoms with Gasteiger partial charge in [0.15, 0.2) is 0 Å². The normalized spacial score (nSPS) is 23.1. The van der Waals surface area contributed by atoms with Crippen molar-refractivity contribution in [3.63, 3.8) is 0 Å². The van der Waals surface area contributed by atoms with Crippen LogP contribution in [0, 0.1) is 5.92 Å². The topological polar surface area (TPSA) is 34.9 Å². The first-order chi connectivity index (χ1) is 9.72. The number of halogens is 1. The van der Waals surface area contributed by atoms with Crippen molar-refractivity contribution in [2.45, 2.75) is 44.5 Å². The summed E-state index contributed by atoms with van der Waals surface area (Å²) in [6.45, 7) is 2.23. The van der Waals surface area contributed by atoms with Crippen molar-refractivity contribution in [3.8, 4) is 0 Å². The average molecular weight is 291 g/mol. The lowest BCUT2D eigenvalue weighted by atomic mass is 9.85. The molecule has 20 heavy (non-hydrogen) atoms. The minimum absolute atomic E-state index is 0.0602. The minimum atomic E-state index is 0.0602. The smallest absolute Gasteiger partial charge is 0.261 e. The van der Waals surface area contributed by atoms with Crippen LogP contribution in [0.5, 0.6) is 0 Å². The van der Waals surface area contributed by atoms with E-state index >= 15 is 0 Å². The van der Waals surface area contributed by atoms with E-state index in [1.54, 1.807) is 0 Å². The molecule has 1 saturated carbocycles. The number of alkyl halides is 1. The summed E-state index contributed by atoms with van der Waals surface area (Å²) in [7, 11) is 0. The molecule has 2 atom stereocenters. The fourth-order valence-electron chi connectivity index (χ4n) is 3.31. The van der Waals surface area contributed by atoms with Gasteiger partial charge in [0, 0.05) is 6.04 Å². The number of nitrogens with zero attached hydrogens (tertiary/aromatic N) is 2. The van der Waals surface area contributed by atoms with Gasteiger partial charge in [0.2, 0.25) is 0 Å². The quantitative estimate of drug-likeness (QED) is 0.787. The van der Waals surface area contributed by atoms with Crippen LogP contribution in [0.25, 0.3) is 10.9 Å². The second kappa shape index (κ2) is 5.57. The van der Waals surface area contributed by atoms with Gasteiger partial charge in [0.25, 0.3) is 5.56 Å². The Morgan fingerprint density at radius 3 is 2.80 bits per heavy atom. The molecule has 1 aliphatic carbocycles. The Morgan fingerprint density at radius 2 is 2.05 bits per heavy atom. The number of fused-ring (bicyclic) bond motifs is 1. The summed E-state index contributed by atoms with van der Waals surface area (Å²) in [5, 5.41) is 0.694. The van der Waals surface area contributed by atoms with Gasteiger partial charge in [0.05, 0.1) is 16.8 Å². The first-order valence-electron chi connectivity index (χ1n) is 7.28. The van der Waals surface area contributed by atoms with Crippen molar-refractivity contribution in [3.05, 3.63) is 40.4 Å². The minimum Gasteiger partial charge on any atom is -0.292 e. The first-order valence-corrected chi connectivity index (χ1v) is 7.82. The van der Waals surface area contributed by atoms with Gasteiger partial charge in [-0.15, -0.1) is 11.6 Å². The van der Waals surface area contributed by atoms with E-state index in [9.17, 15) is 4.79 Å². The average Bonchev–Trinajstić information content (AvgIpc) is 2.48. The summed E-state index contributed by atoms with van der Waals surface area (Å²) >= 11 is 6.05. The zero-order chi connectivity index (χ0) is 14.1. The molecule has 2 unspecified atom stereocenters. The SMILES string of the molecule is CC1CCCCC1n1c(CCl)nc2ccccc2c1=O. The number of rotatable bonds is 2. The molecule has 0 bridgehead atoms. The van der Waals surface area contributed by atoms with Crippen molar-refractivity contribution < 1.29 is 0 Å². The van der Waals surface area contributed by atoms with Gasteiger partial charge in [-0.2, -0.15) is 0 Å². The lowest BCUT2D eigenvalue weighted by Crippen LogP contribution is -2.33. The molecular formula is C16H19ClN2O. The third kappa shape index (κ3) is 2.24. The standard InChI is InChI=1S/C16H19ClN2O/c1-11-6-2-5-9-14(11)19-15(10-17)18-13-8-4-3-7-12(13)16(19)20/h3-4,7-8,11,14H,2,5-6,9-10H2,1H3. The van der Waals surface area contributed by atoms with Crippen LogP contribution < -0.4 is 5.56 Å². The van der Waals surface area contributed by atoms with Gasteiger partial charge < -0.3 is 0 Å². The van der Waals surface area contributed by atoms with Gasteiger partial charge in [-0.3, -0.25) is 9.36 Å². The molecule has 3 nitrogen and oxygen atoms in total. The Labute approximate surface area is 123 Å². The van der Waals surface area contributed by atoms with E-state index in [0.717, 1.165) is 11.9 Å². The van der Waals surface area contributed by atoms with Gasteiger partial charge >= 0.3 is 0 Å². The van der Waals surface area contributed by atoms with Crippen LogP contribution in [0.4, 0.5) is 0 Å². The van der Waals surface area contributed by atoms with Gasteiger partial charge in [-0.05, 0) is 30.9 Å². The second-order valence-corrected chi connectivity index (χ2v) is 5.95. The van der Waals surface area contributed by atoms with Crippen LogP contribution in [0.2, 0.25) is 0 Å². The maximum absolute atomic E-state index is 12.8. The van der Waals surface area contributed by atoms with Gasteiger partial charge in [0.1, 0.15) is 5.82 Å². The Hall–Kier alpha value is -1.35. The number of hydrogen-bond donors (Lipinski definition) is 0. The molecule has 0 saturated heterocycles. The maximum atomic E-state index is 12.8. The van der Waals surface area contributed by atoms with E-state index in [1.165, 1.54) is 19.3 Å². The molecule has 0 amide bonds. The van der Waals surface area contributed by atoms with Crippen LogP contribution in [0.15, 0.2) is 29.1 Å². The van der Waals surface area contributed by atoms with Crippen molar-refractivity contribution in [1.29, 1.82) is 0 Å². The largest absolute Gasteiger partial charge is 0.292 e. The molecule has 1 aromatic carbocycles. The molecule has 1 aromatic heterocycles. The number of aromatic nitrogens is 2. The van der Waals surface area contributed by atoms with Crippen LogP contribution in [0.1, 0.15) is 44.5 Å². The molecule has 3 rings (SSSR count). The van der Waals surface area contributed by atoms with Crippen LogP contribution in [-0.4, -0.2) is 9.55 Å². The maximum Gasteiger partial charge on any atom is 0.261 e. The zero-order valence-corrected chi connectivity index (χ0v) is 12.4.